The fraction of sp³-hybridized carbons (Fsp3) is 0.200. The Labute approximate surface area is 115 Å². The van der Waals surface area contributed by atoms with Crippen LogP contribution in [0.3, 0.4) is 0 Å². The van der Waals surface area contributed by atoms with Crippen LogP contribution in [-0.2, 0) is 11.2 Å². The highest BCUT2D eigenvalue weighted by molar-refractivity contribution is 5.94. The lowest BCUT2D eigenvalue weighted by molar-refractivity contribution is -0.115. The molecule has 0 aliphatic carbocycles. The highest BCUT2D eigenvalue weighted by Crippen LogP contribution is 2.23. The molecule has 0 saturated carbocycles. The number of furan rings is 1. The van der Waals surface area contributed by atoms with Crippen molar-refractivity contribution in [1.82, 2.24) is 5.16 Å². The number of anilines is 1. The van der Waals surface area contributed by atoms with Crippen molar-refractivity contribution in [1.29, 1.82) is 0 Å². The van der Waals surface area contributed by atoms with Gasteiger partial charge in [0.05, 0.1) is 12.7 Å². The van der Waals surface area contributed by atoms with Crippen molar-refractivity contribution in [2.45, 2.75) is 20.3 Å². The third-order valence-corrected chi connectivity index (χ3v) is 3.06. The van der Waals surface area contributed by atoms with Crippen molar-refractivity contribution in [2.24, 2.45) is 0 Å². The maximum atomic E-state index is 12.0. The highest BCUT2D eigenvalue weighted by Gasteiger charge is 2.12. The van der Waals surface area contributed by atoms with E-state index < -0.39 is 0 Å². The van der Waals surface area contributed by atoms with Gasteiger partial charge in [0.15, 0.2) is 5.82 Å². The van der Waals surface area contributed by atoms with Crippen LogP contribution in [0.25, 0.3) is 11.0 Å². The summed E-state index contributed by atoms with van der Waals surface area (Å²) >= 11 is 0. The van der Waals surface area contributed by atoms with Gasteiger partial charge in [-0.15, -0.1) is 0 Å². The van der Waals surface area contributed by atoms with Crippen LogP contribution in [0.2, 0.25) is 0 Å². The molecule has 0 spiro atoms. The molecule has 1 aromatic carbocycles. The molecule has 0 aliphatic heterocycles. The fourth-order valence-electron chi connectivity index (χ4n) is 2.11. The SMILES string of the molecule is Cc1ccc2c(CC(=O)Nc3cc(C)on3)coc2c1. The van der Waals surface area contributed by atoms with Gasteiger partial charge in [-0.05, 0) is 25.5 Å². The average Bonchev–Trinajstić information content (AvgIpc) is 2.96. The van der Waals surface area contributed by atoms with Crippen LogP contribution in [0, 0.1) is 13.8 Å². The monoisotopic (exact) mass is 270 g/mol. The second-order valence-electron chi connectivity index (χ2n) is 4.81. The standard InChI is InChI=1S/C15H14N2O3/c1-9-3-4-12-11(8-19-13(12)5-9)7-15(18)16-14-6-10(2)20-17-14/h3-6,8H,7H2,1-2H3,(H,16,17,18). The number of hydrogen-bond acceptors (Lipinski definition) is 4. The number of carbonyl (C=O) groups excluding carboxylic acids is 1. The summed E-state index contributed by atoms with van der Waals surface area (Å²) in [7, 11) is 0. The summed E-state index contributed by atoms with van der Waals surface area (Å²) in [5.41, 5.74) is 2.78. The van der Waals surface area contributed by atoms with Crippen LogP contribution in [0.1, 0.15) is 16.9 Å². The Morgan fingerprint density at radius 3 is 2.90 bits per heavy atom. The van der Waals surface area contributed by atoms with E-state index >= 15 is 0 Å². The molecule has 5 heteroatoms. The van der Waals surface area contributed by atoms with Crippen LogP contribution >= 0.6 is 0 Å². The Hall–Kier alpha value is -2.56. The molecule has 2 aromatic heterocycles. The van der Waals surface area contributed by atoms with Gasteiger partial charge in [0, 0.05) is 17.0 Å². The Morgan fingerprint density at radius 1 is 1.30 bits per heavy atom. The van der Waals surface area contributed by atoms with E-state index in [0.717, 1.165) is 22.1 Å². The minimum Gasteiger partial charge on any atom is -0.464 e. The van der Waals surface area contributed by atoms with Gasteiger partial charge in [-0.2, -0.15) is 0 Å². The van der Waals surface area contributed by atoms with Crippen LogP contribution in [0.15, 0.2) is 39.5 Å². The van der Waals surface area contributed by atoms with Gasteiger partial charge < -0.3 is 14.3 Å². The van der Waals surface area contributed by atoms with Crippen molar-refractivity contribution < 1.29 is 13.7 Å². The Bertz CT molecular complexity index is 770. The van der Waals surface area contributed by atoms with Gasteiger partial charge in [-0.1, -0.05) is 17.3 Å². The summed E-state index contributed by atoms with van der Waals surface area (Å²) in [6.45, 7) is 3.77. The number of fused-ring (bicyclic) bond motifs is 1. The molecule has 0 radical (unpaired) electrons. The number of hydrogen-bond donors (Lipinski definition) is 1. The minimum atomic E-state index is -0.151. The maximum Gasteiger partial charge on any atom is 0.230 e. The van der Waals surface area contributed by atoms with Crippen molar-refractivity contribution in [3.8, 4) is 0 Å². The van der Waals surface area contributed by atoms with E-state index in [1.807, 2.05) is 25.1 Å². The molecule has 1 N–H and O–H groups in total. The molecule has 102 valence electrons. The summed E-state index contributed by atoms with van der Waals surface area (Å²) in [5.74, 6) is 0.933. The molecule has 0 unspecified atom stereocenters. The summed E-state index contributed by atoms with van der Waals surface area (Å²) in [6, 6.07) is 7.60. The zero-order chi connectivity index (χ0) is 14.1. The van der Waals surface area contributed by atoms with E-state index in [1.54, 1.807) is 19.3 Å². The molecule has 5 nitrogen and oxygen atoms in total. The van der Waals surface area contributed by atoms with E-state index in [2.05, 4.69) is 10.5 Å². The summed E-state index contributed by atoms with van der Waals surface area (Å²) in [6.07, 6.45) is 1.86. The van der Waals surface area contributed by atoms with Crippen molar-refractivity contribution >= 4 is 22.7 Å². The number of nitrogens with one attached hydrogen (secondary N) is 1. The van der Waals surface area contributed by atoms with E-state index in [1.165, 1.54) is 0 Å². The topological polar surface area (TPSA) is 68.3 Å². The molecule has 0 fully saturated rings. The third kappa shape index (κ3) is 2.42. The first kappa shape index (κ1) is 12.5. The summed E-state index contributed by atoms with van der Waals surface area (Å²) in [5, 5.41) is 7.38. The molecule has 1 amide bonds. The number of amides is 1. The molecule has 0 atom stereocenters. The van der Waals surface area contributed by atoms with Gasteiger partial charge in [-0.25, -0.2) is 0 Å². The summed E-state index contributed by atoms with van der Waals surface area (Å²) in [4.78, 5) is 12.0. The van der Waals surface area contributed by atoms with Crippen LogP contribution in [0.4, 0.5) is 5.82 Å². The van der Waals surface area contributed by atoms with E-state index in [4.69, 9.17) is 8.94 Å². The zero-order valence-corrected chi connectivity index (χ0v) is 11.3. The van der Waals surface area contributed by atoms with Gasteiger partial charge in [0.2, 0.25) is 5.91 Å². The van der Waals surface area contributed by atoms with Crippen LogP contribution in [-0.4, -0.2) is 11.1 Å². The molecule has 3 rings (SSSR count). The number of aromatic nitrogens is 1. The average molecular weight is 270 g/mol. The quantitative estimate of drug-likeness (QED) is 0.793. The molecule has 2 heterocycles. The maximum absolute atomic E-state index is 12.0. The van der Waals surface area contributed by atoms with Crippen molar-refractivity contribution in [3.05, 3.63) is 47.4 Å². The highest BCUT2D eigenvalue weighted by atomic mass is 16.5. The lowest BCUT2D eigenvalue weighted by atomic mass is 10.1. The number of aryl methyl sites for hydroxylation is 2. The van der Waals surface area contributed by atoms with Crippen molar-refractivity contribution in [3.63, 3.8) is 0 Å². The lowest BCUT2D eigenvalue weighted by Crippen LogP contribution is -2.14. The van der Waals surface area contributed by atoms with Gasteiger partial charge in [0.25, 0.3) is 0 Å². The molecule has 3 aromatic rings. The van der Waals surface area contributed by atoms with Gasteiger partial charge >= 0.3 is 0 Å². The molecular weight excluding hydrogens is 256 g/mol. The predicted molar refractivity (Wildman–Crippen MR) is 74.5 cm³/mol. The van der Waals surface area contributed by atoms with Gasteiger partial charge in [0.1, 0.15) is 11.3 Å². The molecule has 0 saturated heterocycles. The second-order valence-corrected chi connectivity index (χ2v) is 4.81. The first-order chi connectivity index (χ1) is 9.61. The largest absolute Gasteiger partial charge is 0.464 e. The molecule has 20 heavy (non-hydrogen) atoms. The lowest BCUT2D eigenvalue weighted by Gasteiger charge is -2.00. The number of carbonyl (C=O) groups is 1. The Kier molecular flexibility index (Phi) is 3.02. The van der Waals surface area contributed by atoms with Crippen molar-refractivity contribution in [2.75, 3.05) is 5.32 Å². The number of benzene rings is 1. The smallest absolute Gasteiger partial charge is 0.230 e. The second kappa shape index (κ2) is 4.85. The van der Waals surface area contributed by atoms with Crippen LogP contribution < -0.4 is 5.32 Å². The minimum absolute atomic E-state index is 0.151. The summed E-state index contributed by atoms with van der Waals surface area (Å²) < 4.78 is 10.4. The Balaban J connectivity index is 1.77. The zero-order valence-electron chi connectivity index (χ0n) is 11.3. The fourth-order valence-corrected chi connectivity index (χ4v) is 2.11. The molecule has 0 aliphatic rings. The molecular formula is C15H14N2O3. The normalized spacial score (nSPS) is 10.9. The van der Waals surface area contributed by atoms with Crippen LogP contribution in [0.5, 0.6) is 0 Å². The van der Waals surface area contributed by atoms with E-state index in [9.17, 15) is 4.79 Å². The Morgan fingerprint density at radius 2 is 2.15 bits per heavy atom. The van der Waals surface area contributed by atoms with Gasteiger partial charge in [-0.3, -0.25) is 4.79 Å². The number of nitrogens with zero attached hydrogens (tertiary/aromatic N) is 1. The molecule has 0 bridgehead atoms. The van der Waals surface area contributed by atoms with E-state index in [0.29, 0.717) is 11.6 Å². The first-order valence-electron chi connectivity index (χ1n) is 6.32. The van der Waals surface area contributed by atoms with E-state index in [-0.39, 0.29) is 12.3 Å². The third-order valence-electron chi connectivity index (χ3n) is 3.06. The number of rotatable bonds is 3. The predicted octanol–water partition coefficient (Wildman–Crippen LogP) is 3.22. The first-order valence-corrected chi connectivity index (χ1v) is 6.32.